The van der Waals surface area contributed by atoms with Gasteiger partial charge < -0.3 is 4.57 Å². The first-order valence-corrected chi connectivity index (χ1v) is 8.21. The molecule has 0 fully saturated rings. The van der Waals surface area contributed by atoms with E-state index in [-0.39, 0.29) is 0 Å². The van der Waals surface area contributed by atoms with Crippen molar-refractivity contribution in [1.29, 1.82) is 0 Å². The molecule has 3 aromatic carbocycles. The summed E-state index contributed by atoms with van der Waals surface area (Å²) < 4.78 is 2.34. The predicted molar refractivity (Wildman–Crippen MR) is 105 cm³/mol. The number of para-hydroxylation sites is 2. The standard InChI is InChI=1S/C23H19N/c1-3-17(4-2)18-10-9-11-19(16-18)24-22-14-7-5-12-20(22)21-13-6-8-15-23(21)24/h3-16H,1H2,2H3. The van der Waals surface area contributed by atoms with E-state index in [1.807, 2.05) is 13.0 Å². The topological polar surface area (TPSA) is 4.93 Å². The lowest BCUT2D eigenvalue weighted by Gasteiger charge is -2.10. The maximum atomic E-state index is 3.93. The van der Waals surface area contributed by atoms with Crippen molar-refractivity contribution in [3.05, 3.63) is 97.1 Å². The predicted octanol–water partition coefficient (Wildman–Crippen LogP) is 6.37. The number of hydrogen-bond acceptors (Lipinski definition) is 0. The van der Waals surface area contributed by atoms with Crippen LogP contribution in [0.3, 0.4) is 0 Å². The zero-order valence-corrected chi connectivity index (χ0v) is 13.7. The van der Waals surface area contributed by atoms with Gasteiger partial charge >= 0.3 is 0 Å². The van der Waals surface area contributed by atoms with Gasteiger partial charge in [-0.15, -0.1) is 0 Å². The smallest absolute Gasteiger partial charge is 0.0541 e. The van der Waals surface area contributed by atoms with Gasteiger partial charge in [0.05, 0.1) is 11.0 Å². The minimum atomic E-state index is 1.15. The van der Waals surface area contributed by atoms with Crippen molar-refractivity contribution >= 4 is 27.4 Å². The Kier molecular flexibility index (Phi) is 3.55. The van der Waals surface area contributed by atoms with E-state index < -0.39 is 0 Å². The van der Waals surface area contributed by atoms with Crippen molar-refractivity contribution in [3.63, 3.8) is 0 Å². The molecular formula is C23H19N. The molecule has 1 heteroatoms. The molecule has 0 amide bonds. The first-order valence-electron chi connectivity index (χ1n) is 8.21. The van der Waals surface area contributed by atoms with Gasteiger partial charge in [0, 0.05) is 16.5 Å². The zero-order valence-electron chi connectivity index (χ0n) is 13.7. The number of nitrogens with zero attached hydrogens (tertiary/aromatic N) is 1. The fourth-order valence-corrected chi connectivity index (χ4v) is 3.43. The highest BCUT2D eigenvalue weighted by molar-refractivity contribution is 6.09. The summed E-state index contributed by atoms with van der Waals surface area (Å²) in [6, 6.07) is 25.8. The SMILES string of the molecule is C=CC(=CC)c1cccc(-n2c3ccccc3c3ccccc32)c1. The number of aromatic nitrogens is 1. The fraction of sp³-hybridized carbons (Fsp3) is 0.0435. The molecule has 116 valence electrons. The summed E-state index contributed by atoms with van der Waals surface area (Å²) >= 11 is 0. The van der Waals surface area contributed by atoms with E-state index in [9.17, 15) is 0 Å². The van der Waals surface area contributed by atoms with E-state index in [0.717, 1.165) is 5.57 Å². The Balaban J connectivity index is 2.06. The summed E-state index contributed by atoms with van der Waals surface area (Å²) in [5, 5.41) is 2.57. The lowest BCUT2D eigenvalue weighted by Crippen LogP contribution is -1.94. The summed E-state index contributed by atoms with van der Waals surface area (Å²) in [5.41, 5.74) is 5.98. The molecule has 0 saturated heterocycles. The molecule has 0 spiro atoms. The quantitative estimate of drug-likeness (QED) is 0.387. The number of rotatable bonds is 3. The molecule has 0 saturated carbocycles. The Bertz CT molecular complexity index is 1030. The average Bonchev–Trinajstić information content (AvgIpc) is 2.98. The zero-order chi connectivity index (χ0) is 16.5. The van der Waals surface area contributed by atoms with Gasteiger partial charge in [-0.25, -0.2) is 0 Å². The van der Waals surface area contributed by atoms with Crippen molar-refractivity contribution in [2.24, 2.45) is 0 Å². The highest BCUT2D eigenvalue weighted by atomic mass is 15.0. The van der Waals surface area contributed by atoms with Gasteiger partial charge in [0.25, 0.3) is 0 Å². The van der Waals surface area contributed by atoms with Crippen LogP contribution in [0, 0.1) is 0 Å². The number of hydrogen-bond donors (Lipinski definition) is 0. The molecule has 1 aromatic heterocycles. The first-order chi connectivity index (χ1) is 11.8. The Labute approximate surface area is 142 Å². The Morgan fingerprint density at radius 2 is 1.46 bits per heavy atom. The third-order valence-corrected chi connectivity index (χ3v) is 4.55. The fourth-order valence-electron chi connectivity index (χ4n) is 3.43. The van der Waals surface area contributed by atoms with Crippen LogP contribution in [0.25, 0.3) is 33.1 Å². The van der Waals surface area contributed by atoms with Crippen LogP contribution in [-0.2, 0) is 0 Å². The molecule has 4 rings (SSSR count). The van der Waals surface area contributed by atoms with E-state index >= 15 is 0 Å². The molecular weight excluding hydrogens is 290 g/mol. The van der Waals surface area contributed by atoms with Gasteiger partial charge in [-0.1, -0.05) is 67.3 Å². The lowest BCUT2D eigenvalue weighted by atomic mass is 10.1. The highest BCUT2D eigenvalue weighted by Gasteiger charge is 2.11. The number of allylic oxidation sites excluding steroid dienone is 3. The second kappa shape index (κ2) is 5.86. The molecule has 0 atom stereocenters. The highest BCUT2D eigenvalue weighted by Crippen LogP contribution is 2.32. The second-order valence-electron chi connectivity index (χ2n) is 5.87. The molecule has 24 heavy (non-hydrogen) atoms. The van der Waals surface area contributed by atoms with E-state index in [1.54, 1.807) is 0 Å². The van der Waals surface area contributed by atoms with E-state index in [0.29, 0.717) is 0 Å². The summed E-state index contributed by atoms with van der Waals surface area (Å²) in [5.74, 6) is 0. The van der Waals surface area contributed by atoms with Crippen LogP contribution >= 0.6 is 0 Å². The van der Waals surface area contributed by atoms with Crippen molar-refractivity contribution in [2.75, 3.05) is 0 Å². The van der Waals surface area contributed by atoms with Gasteiger partial charge in [0.15, 0.2) is 0 Å². The van der Waals surface area contributed by atoms with Crippen LogP contribution in [-0.4, -0.2) is 4.57 Å². The molecule has 0 aliphatic heterocycles. The van der Waals surface area contributed by atoms with Crippen molar-refractivity contribution < 1.29 is 0 Å². The van der Waals surface area contributed by atoms with Crippen molar-refractivity contribution in [2.45, 2.75) is 6.92 Å². The Morgan fingerprint density at radius 1 is 0.833 bits per heavy atom. The lowest BCUT2D eigenvalue weighted by molar-refractivity contribution is 1.18. The van der Waals surface area contributed by atoms with Crippen molar-refractivity contribution in [1.82, 2.24) is 4.57 Å². The maximum absolute atomic E-state index is 3.93. The molecule has 0 bridgehead atoms. The van der Waals surface area contributed by atoms with Crippen LogP contribution in [0.1, 0.15) is 12.5 Å². The number of benzene rings is 3. The third-order valence-electron chi connectivity index (χ3n) is 4.55. The maximum Gasteiger partial charge on any atom is 0.0541 e. The number of fused-ring (bicyclic) bond motifs is 3. The van der Waals surface area contributed by atoms with E-state index in [1.165, 1.54) is 33.1 Å². The Morgan fingerprint density at radius 3 is 2.04 bits per heavy atom. The molecule has 0 unspecified atom stereocenters. The van der Waals surface area contributed by atoms with Gasteiger partial charge in [-0.2, -0.15) is 0 Å². The van der Waals surface area contributed by atoms with Gasteiger partial charge in [-0.05, 0) is 42.3 Å². The monoisotopic (exact) mass is 309 g/mol. The van der Waals surface area contributed by atoms with Gasteiger partial charge in [0.1, 0.15) is 0 Å². The minimum absolute atomic E-state index is 1.15. The average molecular weight is 309 g/mol. The van der Waals surface area contributed by atoms with Crippen LogP contribution in [0.15, 0.2) is 91.5 Å². The summed E-state index contributed by atoms with van der Waals surface area (Å²) in [4.78, 5) is 0. The summed E-state index contributed by atoms with van der Waals surface area (Å²) in [6.07, 6.45) is 4.00. The van der Waals surface area contributed by atoms with Crippen LogP contribution in [0.5, 0.6) is 0 Å². The minimum Gasteiger partial charge on any atom is -0.309 e. The first kappa shape index (κ1) is 14.5. The third kappa shape index (κ3) is 2.17. The summed E-state index contributed by atoms with van der Waals surface area (Å²) in [6.45, 7) is 5.97. The molecule has 1 heterocycles. The van der Waals surface area contributed by atoms with Crippen molar-refractivity contribution in [3.8, 4) is 5.69 Å². The van der Waals surface area contributed by atoms with Crippen LogP contribution < -0.4 is 0 Å². The van der Waals surface area contributed by atoms with Gasteiger partial charge in [0.2, 0.25) is 0 Å². The molecule has 1 nitrogen and oxygen atoms in total. The molecule has 0 radical (unpaired) electrons. The van der Waals surface area contributed by atoms with Crippen LogP contribution in [0.4, 0.5) is 0 Å². The molecule has 0 aliphatic rings. The Hall–Kier alpha value is -3.06. The summed E-state index contributed by atoms with van der Waals surface area (Å²) in [7, 11) is 0. The molecule has 0 N–H and O–H groups in total. The van der Waals surface area contributed by atoms with Crippen LogP contribution in [0.2, 0.25) is 0 Å². The normalized spacial score (nSPS) is 12.0. The second-order valence-corrected chi connectivity index (χ2v) is 5.87. The van der Waals surface area contributed by atoms with E-state index in [4.69, 9.17) is 0 Å². The molecule has 4 aromatic rings. The van der Waals surface area contributed by atoms with E-state index in [2.05, 4.69) is 90.0 Å². The largest absolute Gasteiger partial charge is 0.309 e. The molecule has 0 aliphatic carbocycles. The van der Waals surface area contributed by atoms with Gasteiger partial charge in [-0.3, -0.25) is 0 Å².